The molecule has 0 saturated carbocycles. The topological polar surface area (TPSA) is 0 Å². The van der Waals surface area contributed by atoms with E-state index < -0.39 is 0 Å². The van der Waals surface area contributed by atoms with Crippen LogP contribution in [-0.2, 0) is 0 Å². The zero-order chi connectivity index (χ0) is 19.3. The molecular weight excluding hydrogens is 312 g/mol. The Morgan fingerprint density at radius 1 is 0.385 bits per heavy atom. The van der Waals surface area contributed by atoms with Crippen molar-refractivity contribution < 1.29 is 0 Å². The molecule has 0 aromatic carbocycles. The Balaban J connectivity index is 4.36. The van der Waals surface area contributed by atoms with Crippen LogP contribution in [0.15, 0.2) is 0 Å². The molecule has 0 amide bonds. The van der Waals surface area contributed by atoms with E-state index in [0.29, 0.717) is 0 Å². The molecule has 0 rings (SSSR count). The van der Waals surface area contributed by atoms with Crippen LogP contribution in [-0.4, -0.2) is 0 Å². The van der Waals surface area contributed by atoms with Crippen molar-refractivity contribution in [3.63, 3.8) is 0 Å². The largest absolute Gasteiger partial charge is 0.0654 e. The summed E-state index contributed by atoms with van der Waals surface area (Å²) in [5, 5.41) is 0. The van der Waals surface area contributed by atoms with Gasteiger partial charge in [-0.15, -0.1) is 0 Å². The minimum absolute atomic E-state index is 0.903. The molecule has 1 radical (unpaired) electrons. The molecule has 0 fully saturated rings. The van der Waals surface area contributed by atoms with Crippen molar-refractivity contribution in [2.45, 2.75) is 150 Å². The van der Waals surface area contributed by atoms with E-state index >= 15 is 0 Å². The summed E-state index contributed by atoms with van der Waals surface area (Å²) in [5.74, 6) is 1.81. The lowest BCUT2D eigenvalue weighted by atomic mass is 9.82. The highest BCUT2D eigenvalue weighted by Gasteiger charge is 2.16. The van der Waals surface area contributed by atoms with Gasteiger partial charge in [0, 0.05) is 0 Å². The molecule has 0 heteroatoms. The highest BCUT2D eigenvalue weighted by Crippen LogP contribution is 2.29. The van der Waals surface area contributed by atoms with Crippen LogP contribution in [0.5, 0.6) is 0 Å². The van der Waals surface area contributed by atoms with E-state index in [1.54, 1.807) is 0 Å². The number of hydrogen-bond acceptors (Lipinski definition) is 0. The molecule has 0 aromatic rings. The lowest BCUT2D eigenvalue weighted by Gasteiger charge is -2.24. The maximum atomic E-state index is 2.84. The fraction of sp³-hybridized carbons (Fsp3) is 0.962. The second kappa shape index (κ2) is 21.3. The van der Waals surface area contributed by atoms with Crippen molar-refractivity contribution in [1.82, 2.24) is 0 Å². The molecular formula is C26H53. The lowest BCUT2D eigenvalue weighted by molar-refractivity contribution is 0.367. The number of hydrogen-bond donors (Lipinski definition) is 0. The monoisotopic (exact) mass is 365 g/mol. The van der Waals surface area contributed by atoms with Crippen molar-refractivity contribution >= 4 is 0 Å². The van der Waals surface area contributed by atoms with Crippen LogP contribution in [0.25, 0.3) is 0 Å². The van der Waals surface area contributed by atoms with Crippen molar-refractivity contribution in [1.29, 1.82) is 0 Å². The van der Waals surface area contributed by atoms with E-state index in [-0.39, 0.29) is 0 Å². The first kappa shape index (κ1) is 26.0. The Kier molecular flexibility index (Phi) is 21.3. The van der Waals surface area contributed by atoms with Gasteiger partial charge in [-0.05, 0) is 18.3 Å². The first-order valence-corrected chi connectivity index (χ1v) is 12.6. The van der Waals surface area contributed by atoms with Crippen LogP contribution in [0, 0.1) is 18.3 Å². The SMILES string of the molecule is CCCCCCCC([CH]C(CCCCC)CCCCCC)CCCCC. The summed E-state index contributed by atoms with van der Waals surface area (Å²) in [6.07, 6.45) is 30.0. The van der Waals surface area contributed by atoms with Crippen LogP contribution in [0.2, 0.25) is 0 Å². The zero-order valence-electron chi connectivity index (χ0n) is 19.2. The Hall–Kier alpha value is 0. The smallest absolute Gasteiger partial charge is 0.0324 e. The summed E-state index contributed by atoms with van der Waals surface area (Å²) in [5.41, 5.74) is 0. The molecule has 0 aromatic heterocycles. The van der Waals surface area contributed by atoms with Crippen molar-refractivity contribution in [3.05, 3.63) is 6.42 Å². The standard InChI is InChI=1S/C26H53/c1-5-9-13-15-19-23-26(21-17-12-8-4)24-25(20-16-11-7-3)22-18-14-10-6-2/h24-26H,5-23H2,1-4H3. The molecule has 2 atom stereocenters. The third kappa shape index (κ3) is 17.4. The average Bonchev–Trinajstić information content (AvgIpc) is 2.64. The predicted molar refractivity (Wildman–Crippen MR) is 122 cm³/mol. The summed E-state index contributed by atoms with van der Waals surface area (Å²) in [6.45, 7) is 9.32. The third-order valence-corrected chi connectivity index (χ3v) is 6.01. The molecule has 0 nitrogen and oxygen atoms in total. The third-order valence-electron chi connectivity index (χ3n) is 6.01. The first-order valence-electron chi connectivity index (χ1n) is 12.6. The highest BCUT2D eigenvalue weighted by atomic mass is 14.2. The average molecular weight is 366 g/mol. The van der Waals surface area contributed by atoms with Gasteiger partial charge in [-0.1, -0.05) is 150 Å². The minimum Gasteiger partial charge on any atom is -0.0654 e. The van der Waals surface area contributed by atoms with Crippen molar-refractivity contribution in [2.24, 2.45) is 11.8 Å². The Morgan fingerprint density at radius 2 is 0.654 bits per heavy atom. The quantitative estimate of drug-likeness (QED) is 0.177. The maximum absolute atomic E-state index is 2.84. The first-order chi connectivity index (χ1) is 12.8. The van der Waals surface area contributed by atoms with E-state index in [1.807, 2.05) is 0 Å². The van der Waals surface area contributed by atoms with Gasteiger partial charge in [0.15, 0.2) is 0 Å². The van der Waals surface area contributed by atoms with Gasteiger partial charge < -0.3 is 0 Å². The van der Waals surface area contributed by atoms with Gasteiger partial charge in [-0.25, -0.2) is 0 Å². The highest BCUT2D eigenvalue weighted by molar-refractivity contribution is 4.84. The van der Waals surface area contributed by atoms with Gasteiger partial charge in [-0.3, -0.25) is 0 Å². The normalized spacial score (nSPS) is 13.8. The van der Waals surface area contributed by atoms with Gasteiger partial charge in [0.1, 0.15) is 0 Å². The lowest BCUT2D eigenvalue weighted by Crippen LogP contribution is -2.11. The fourth-order valence-corrected chi connectivity index (χ4v) is 4.21. The number of rotatable bonds is 21. The molecule has 0 heterocycles. The van der Waals surface area contributed by atoms with Gasteiger partial charge >= 0.3 is 0 Å². The van der Waals surface area contributed by atoms with E-state index in [9.17, 15) is 0 Å². The molecule has 26 heavy (non-hydrogen) atoms. The Morgan fingerprint density at radius 3 is 1.04 bits per heavy atom. The Bertz CT molecular complexity index is 244. The fourth-order valence-electron chi connectivity index (χ4n) is 4.21. The second-order valence-corrected chi connectivity index (χ2v) is 8.76. The Labute approximate surface area is 168 Å². The van der Waals surface area contributed by atoms with Gasteiger partial charge in [-0.2, -0.15) is 0 Å². The summed E-state index contributed by atoms with van der Waals surface area (Å²) in [6, 6.07) is 0. The van der Waals surface area contributed by atoms with Gasteiger partial charge in [0.25, 0.3) is 0 Å². The molecule has 157 valence electrons. The molecule has 0 N–H and O–H groups in total. The molecule has 0 spiro atoms. The molecule has 2 unspecified atom stereocenters. The van der Waals surface area contributed by atoms with Crippen molar-refractivity contribution in [2.75, 3.05) is 0 Å². The summed E-state index contributed by atoms with van der Waals surface area (Å²) < 4.78 is 0. The molecule has 0 aliphatic heterocycles. The van der Waals surface area contributed by atoms with Gasteiger partial charge in [0.2, 0.25) is 0 Å². The summed E-state index contributed by atoms with van der Waals surface area (Å²) in [4.78, 5) is 0. The van der Waals surface area contributed by atoms with Crippen LogP contribution in [0.4, 0.5) is 0 Å². The van der Waals surface area contributed by atoms with Gasteiger partial charge in [0.05, 0.1) is 0 Å². The predicted octanol–water partition coefficient (Wildman–Crippen LogP) is 9.91. The molecule has 0 aliphatic carbocycles. The van der Waals surface area contributed by atoms with Crippen molar-refractivity contribution in [3.8, 4) is 0 Å². The van der Waals surface area contributed by atoms with Crippen LogP contribution >= 0.6 is 0 Å². The molecule has 0 saturated heterocycles. The summed E-state index contributed by atoms with van der Waals surface area (Å²) >= 11 is 0. The molecule has 0 bridgehead atoms. The molecule has 0 aliphatic rings. The number of unbranched alkanes of at least 4 members (excludes halogenated alkanes) is 11. The zero-order valence-corrected chi connectivity index (χ0v) is 19.2. The second-order valence-electron chi connectivity index (χ2n) is 8.76. The van der Waals surface area contributed by atoms with E-state index in [1.165, 1.54) is 122 Å². The van der Waals surface area contributed by atoms with Crippen LogP contribution in [0.3, 0.4) is 0 Å². The van der Waals surface area contributed by atoms with E-state index in [4.69, 9.17) is 0 Å². The van der Waals surface area contributed by atoms with E-state index in [0.717, 1.165) is 11.8 Å². The van der Waals surface area contributed by atoms with E-state index in [2.05, 4.69) is 34.1 Å². The summed E-state index contributed by atoms with van der Waals surface area (Å²) in [7, 11) is 0. The minimum atomic E-state index is 0.903. The van der Waals surface area contributed by atoms with Crippen LogP contribution < -0.4 is 0 Å². The van der Waals surface area contributed by atoms with Crippen LogP contribution in [0.1, 0.15) is 150 Å². The maximum Gasteiger partial charge on any atom is -0.0324 e.